The van der Waals surface area contributed by atoms with Crippen LogP contribution in [0.25, 0.3) is 11.3 Å². The number of nitriles is 1. The Morgan fingerprint density at radius 1 is 1.23 bits per heavy atom. The second kappa shape index (κ2) is 7.62. The molecule has 6 heteroatoms. The lowest BCUT2D eigenvalue weighted by Gasteiger charge is -2.09. The molecule has 0 aliphatic carbocycles. The Morgan fingerprint density at radius 2 is 2.08 bits per heavy atom. The number of carbonyl (C=O) groups excluding carboxylic acids is 1. The van der Waals surface area contributed by atoms with Crippen molar-refractivity contribution in [2.75, 3.05) is 5.32 Å². The fourth-order valence-electron chi connectivity index (χ4n) is 2.59. The van der Waals surface area contributed by atoms with Crippen LogP contribution in [0.2, 0.25) is 0 Å². The zero-order chi connectivity index (χ0) is 18.5. The molecule has 1 heterocycles. The summed E-state index contributed by atoms with van der Waals surface area (Å²) in [7, 11) is 0. The van der Waals surface area contributed by atoms with Crippen molar-refractivity contribution in [1.82, 2.24) is 15.0 Å². The first kappa shape index (κ1) is 17.4. The predicted molar refractivity (Wildman–Crippen MR) is 99.3 cm³/mol. The van der Waals surface area contributed by atoms with E-state index in [4.69, 9.17) is 5.26 Å². The van der Waals surface area contributed by atoms with E-state index in [1.807, 2.05) is 44.2 Å². The van der Waals surface area contributed by atoms with Crippen LogP contribution in [0.15, 0.2) is 48.7 Å². The smallest absolute Gasteiger partial charge is 0.226 e. The molecule has 0 radical (unpaired) electrons. The van der Waals surface area contributed by atoms with E-state index in [1.54, 1.807) is 23.0 Å². The van der Waals surface area contributed by atoms with Crippen LogP contribution in [0.4, 0.5) is 5.69 Å². The molecule has 0 unspecified atom stereocenters. The Bertz CT molecular complexity index is 984. The van der Waals surface area contributed by atoms with Gasteiger partial charge >= 0.3 is 0 Å². The van der Waals surface area contributed by atoms with Gasteiger partial charge in [-0.15, -0.1) is 5.10 Å². The minimum Gasteiger partial charge on any atom is -0.326 e. The molecule has 1 N–H and O–H groups in total. The summed E-state index contributed by atoms with van der Waals surface area (Å²) in [6.45, 7) is 4.39. The van der Waals surface area contributed by atoms with Gasteiger partial charge in [0.1, 0.15) is 5.69 Å². The van der Waals surface area contributed by atoms with Crippen molar-refractivity contribution >= 4 is 11.6 Å². The number of hydrogen-bond donors (Lipinski definition) is 1. The van der Waals surface area contributed by atoms with Gasteiger partial charge in [-0.3, -0.25) is 9.48 Å². The lowest BCUT2D eigenvalue weighted by atomic mass is 10.1. The monoisotopic (exact) mass is 345 g/mol. The molecule has 6 nitrogen and oxygen atoms in total. The van der Waals surface area contributed by atoms with E-state index in [-0.39, 0.29) is 5.91 Å². The number of aromatic nitrogens is 3. The maximum Gasteiger partial charge on any atom is 0.226 e. The average Bonchev–Trinajstić information content (AvgIpc) is 3.12. The fourth-order valence-corrected chi connectivity index (χ4v) is 2.59. The van der Waals surface area contributed by atoms with Crippen molar-refractivity contribution in [3.05, 3.63) is 65.4 Å². The van der Waals surface area contributed by atoms with Gasteiger partial charge in [0.15, 0.2) is 0 Å². The standard InChI is InChI=1S/C20H19N5O/c1-14-6-7-15(2)18(10-14)22-20(26)8-9-25-13-19(23-24-25)17-5-3-4-16(11-17)12-21/h3-7,10-11,13H,8-9H2,1-2H3,(H,22,26). The average molecular weight is 345 g/mol. The maximum absolute atomic E-state index is 12.2. The van der Waals surface area contributed by atoms with Crippen molar-refractivity contribution in [2.24, 2.45) is 0 Å². The van der Waals surface area contributed by atoms with Crippen molar-refractivity contribution in [1.29, 1.82) is 5.26 Å². The first-order valence-corrected chi connectivity index (χ1v) is 8.33. The van der Waals surface area contributed by atoms with E-state index >= 15 is 0 Å². The van der Waals surface area contributed by atoms with E-state index in [0.29, 0.717) is 24.2 Å². The molecular formula is C20H19N5O. The zero-order valence-corrected chi connectivity index (χ0v) is 14.7. The van der Waals surface area contributed by atoms with Crippen LogP contribution in [-0.2, 0) is 11.3 Å². The van der Waals surface area contributed by atoms with E-state index in [1.165, 1.54) is 0 Å². The highest BCUT2D eigenvalue weighted by Crippen LogP contribution is 2.18. The van der Waals surface area contributed by atoms with Crippen LogP contribution in [0, 0.1) is 25.2 Å². The van der Waals surface area contributed by atoms with Crippen LogP contribution < -0.4 is 5.32 Å². The number of amides is 1. The number of aryl methyl sites for hydroxylation is 3. The number of anilines is 1. The highest BCUT2D eigenvalue weighted by molar-refractivity contribution is 5.91. The van der Waals surface area contributed by atoms with E-state index in [9.17, 15) is 4.79 Å². The molecule has 0 saturated heterocycles. The highest BCUT2D eigenvalue weighted by atomic mass is 16.1. The van der Waals surface area contributed by atoms with Crippen molar-refractivity contribution < 1.29 is 4.79 Å². The Labute approximate surface area is 152 Å². The molecule has 0 spiro atoms. The first-order valence-electron chi connectivity index (χ1n) is 8.33. The topological polar surface area (TPSA) is 83.6 Å². The SMILES string of the molecule is Cc1ccc(C)c(NC(=O)CCn2cc(-c3cccc(C#N)c3)nn2)c1. The van der Waals surface area contributed by atoms with Gasteiger partial charge in [-0.25, -0.2) is 0 Å². The number of nitrogens with zero attached hydrogens (tertiary/aromatic N) is 4. The minimum absolute atomic E-state index is 0.0674. The molecule has 0 aliphatic heterocycles. The summed E-state index contributed by atoms with van der Waals surface area (Å²) in [4.78, 5) is 12.2. The number of carbonyl (C=O) groups is 1. The van der Waals surface area contributed by atoms with Gasteiger partial charge in [0.05, 0.1) is 24.4 Å². The van der Waals surface area contributed by atoms with Gasteiger partial charge < -0.3 is 5.32 Å². The van der Waals surface area contributed by atoms with E-state index in [2.05, 4.69) is 21.7 Å². The van der Waals surface area contributed by atoms with Crippen LogP contribution >= 0.6 is 0 Å². The summed E-state index contributed by atoms with van der Waals surface area (Å²) in [5.41, 5.74) is 5.05. The van der Waals surface area contributed by atoms with Gasteiger partial charge in [-0.2, -0.15) is 5.26 Å². The highest BCUT2D eigenvalue weighted by Gasteiger charge is 2.08. The summed E-state index contributed by atoms with van der Waals surface area (Å²) < 4.78 is 1.64. The second-order valence-corrected chi connectivity index (χ2v) is 6.18. The van der Waals surface area contributed by atoms with Crippen LogP contribution in [0.5, 0.6) is 0 Å². The van der Waals surface area contributed by atoms with E-state index < -0.39 is 0 Å². The quantitative estimate of drug-likeness (QED) is 0.767. The largest absolute Gasteiger partial charge is 0.326 e. The predicted octanol–water partition coefficient (Wildman–Crippen LogP) is 3.46. The third-order valence-electron chi connectivity index (χ3n) is 4.06. The lowest BCUT2D eigenvalue weighted by Crippen LogP contribution is -2.15. The van der Waals surface area contributed by atoms with Crippen molar-refractivity contribution in [2.45, 2.75) is 26.8 Å². The first-order chi connectivity index (χ1) is 12.5. The van der Waals surface area contributed by atoms with Gasteiger partial charge in [-0.05, 0) is 43.2 Å². The number of nitrogens with one attached hydrogen (secondary N) is 1. The van der Waals surface area contributed by atoms with Gasteiger partial charge in [0.25, 0.3) is 0 Å². The Kier molecular flexibility index (Phi) is 5.09. The van der Waals surface area contributed by atoms with Crippen LogP contribution in [0.1, 0.15) is 23.1 Å². The zero-order valence-electron chi connectivity index (χ0n) is 14.7. The molecule has 3 rings (SSSR count). The summed E-state index contributed by atoms with van der Waals surface area (Å²) in [6.07, 6.45) is 2.08. The van der Waals surface area contributed by atoms with Gasteiger partial charge in [-0.1, -0.05) is 29.5 Å². The summed E-state index contributed by atoms with van der Waals surface area (Å²) in [5, 5.41) is 20.1. The minimum atomic E-state index is -0.0674. The van der Waals surface area contributed by atoms with Crippen molar-refractivity contribution in [3.8, 4) is 17.3 Å². The van der Waals surface area contributed by atoms with Crippen LogP contribution in [0.3, 0.4) is 0 Å². The molecule has 3 aromatic rings. The van der Waals surface area contributed by atoms with Crippen LogP contribution in [-0.4, -0.2) is 20.9 Å². The lowest BCUT2D eigenvalue weighted by molar-refractivity contribution is -0.116. The summed E-state index contributed by atoms with van der Waals surface area (Å²) in [6, 6.07) is 15.3. The summed E-state index contributed by atoms with van der Waals surface area (Å²) in [5.74, 6) is -0.0674. The molecule has 0 atom stereocenters. The van der Waals surface area contributed by atoms with E-state index in [0.717, 1.165) is 22.4 Å². The normalized spacial score (nSPS) is 10.3. The molecule has 130 valence electrons. The molecule has 0 saturated carbocycles. The summed E-state index contributed by atoms with van der Waals surface area (Å²) >= 11 is 0. The Hall–Kier alpha value is -3.46. The number of rotatable bonds is 5. The molecule has 2 aromatic carbocycles. The Morgan fingerprint density at radius 3 is 2.88 bits per heavy atom. The molecule has 26 heavy (non-hydrogen) atoms. The molecule has 0 bridgehead atoms. The van der Waals surface area contributed by atoms with Crippen molar-refractivity contribution in [3.63, 3.8) is 0 Å². The Balaban J connectivity index is 1.62. The fraction of sp³-hybridized carbons (Fsp3) is 0.200. The molecule has 0 fully saturated rings. The maximum atomic E-state index is 12.2. The second-order valence-electron chi connectivity index (χ2n) is 6.18. The van der Waals surface area contributed by atoms with Gasteiger partial charge in [0.2, 0.25) is 5.91 Å². The molecule has 0 aliphatic rings. The molecule has 1 aromatic heterocycles. The molecular weight excluding hydrogens is 326 g/mol. The third-order valence-corrected chi connectivity index (χ3v) is 4.06. The number of benzene rings is 2. The third kappa shape index (κ3) is 4.14. The van der Waals surface area contributed by atoms with Gasteiger partial charge in [0, 0.05) is 17.7 Å². The number of hydrogen-bond acceptors (Lipinski definition) is 4. The molecule has 1 amide bonds.